The zero-order chi connectivity index (χ0) is 32.0. The van der Waals surface area contributed by atoms with Crippen molar-refractivity contribution in [1.29, 1.82) is 0 Å². The molecule has 1 aliphatic rings. The Balaban J connectivity index is 1.55. The number of ether oxygens (including phenoxy) is 2. The highest BCUT2D eigenvalue weighted by molar-refractivity contribution is 6.00. The van der Waals surface area contributed by atoms with Crippen LogP contribution in [0.15, 0.2) is 47.0 Å². The van der Waals surface area contributed by atoms with Crippen molar-refractivity contribution in [2.75, 3.05) is 49.8 Å². The molecule has 0 fully saturated rings. The number of urea groups is 2. The third kappa shape index (κ3) is 7.78. The van der Waals surface area contributed by atoms with Gasteiger partial charge in [0.25, 0.3) is 0 Å². The molecular weight excluding hydrogens is 568 g/mol. The minimum atomic E-state index is -0.499. The summed E-state index contributed by atoms with van der Waals surface area (Å²) in [6.45, 7) is 7.49. The van der Waals surface area contributed by atoms with Crippen LogP contribution in [0.2, 0.25) is 0 Å². The summed E-state index contributed by atoms with van der Waals surface area (Å²) in [4.78, 5) is 42.5. The van der Waals surface area contributed by atoms with Gasteiger partial charge in [0.15, 0.2) is 5.76 Å². The average Bonchev–Trinajstić information content (AvgIpc) is 3.33. The maximum atomic E-state index is 13.5. The Labute approximate surface area is 256 Å². The molecule has 44 heavy (non-hydrogen) atoms. The topological polar surface area (TPSA) is 158 Å². The van der Waals surface area contributed by atoms with E-state index in [-0.39, 0.29) is 37.4 Å². The van der Waals surface area contributed by atoms with Crippen LogP contribution in [0.3, 0.4) is 0 Å². The largest absolute Gasteiger partial charge is 0.497 e. The first kappa shape index (κ1) is 32.1. The van der Waals surface area contributed by atoms with Gasteiger partial charge in [-0.3, -0.25) is 4.79 Å². The number of methoxy groups -OCH3 is 1. The molecule has 4 N–H and O–H groups in total. The Morgan fingerprint density at radius 2 is 1.84 bits per heavy atom. The third-order valence-corrected chi connectivity index (χ3v) is 7.59. The maximum Gasteiger partial charge on any atom is 0.323 e. The van der Waals surface area contributed by atoms with Gasteiger partial charge in [0.05, 0.1) is 32.7 Å². The minimum absolute atomic E-state index is 0.00604. The van der Waals surface area contributed by atoms with E-state index in [9.17, 15) is 19.5 Å². The van der Waals surface area contributed by atoms with Gasteiger partial charge in [-0.05, 0) is 63.2 Å². The number of rotatable bonds is 8. The standard InChI is InChI=1S/C31H40N6O7/c1-18-15-37(19(2)17-38)28(39)14-22-13-24(32-30(40)34-29-20(3)35-44-21(29)4)9-12-26(22)43-27(18)16-36(5)31(41)33-23-7-10-25(42-6)11-8-23/h7-13,18-19,27,38H,14-17H2,1-6H3,(H,33,41)(H2,32,34,40)/t18-,19-,27+/m1/s1. The van der Waals surface area contributed by atoms with E-state index in [4.69, 9.17) is 14.0 Å². The molecule has 0 spiro atoms. The minimum Gasteiger partial charge on any atom is -0.497 e. The summed E-state index contributed by atoms with van der Waals surface area (Å²) >= 11 is 0. The number of nitrogens with one attached hydrogen (secondary N) is 3. The summed E-state index contributed by atoms with van der Waals surface area (Å²) in [6.07, 6.45) is -0.505. The average molecular weight is 609 g/mol. The highest BCUT2D eigenvalue weighted by atomic mass is 16.5. The summed E-state index contributed by atoms with van der Waals surface area (Å²) < 4.78 is 16.8. The van der Waals surface area contributed by atoms with Crippen LogP contribution in [0, 0.1) is 19.8 Å². The molecule has 3 atom stereocenters. The van der Waals surface area contributed by atoms with Gasteiger partial charge in [0.2, 0.25) is 5.91 Å². The van der Waals surface area contributed by atoms with Gasteiger partial charge in [-0.25, -0.2) is 9.59 Å². The van der Waals surface area contributed by atoms with Crippen molar-refractivity contribution in [2.45, 2.75) is 46.3 Å². The number of benzene rings is 2. The number of fused-ring (bicyclic) bond motifs is 1. The Bertz CT molecular complexity index is 1460. The molecule has 5 amide bonds. The number of hydrogen-bond acceptors (Lipinski definition) is 8. The van der Waals surface area contributed by atoms with Gasteiger partial charge < -0.3 is 44.9 Å². The summed E-state index contributed by atoms with van der Waals surface area (Å²) in [6, 6.07) is 10.8. The third-order valence-electron chi connectivity index (χ3n) is 7.59. The lowest BCUT2D eigenvalue weighted by Crippen LogP contribution is -2.48. The van der Waals surface area contributed by atoms with Gasteiger partial charge in [0, 0.05) is 36.4 Å². The second-order valence-corrected chi connectivity index (χ2v) is 11.0. The number of aromatic nitrogens is 1. The molecule has 0 bridgehead atoms. The van der Waals surface area contributed by atoms with Crippen LogP contribution in [0.25, 0.3) is 0 Å². The lowest BCUT2D eigenvalue weighted by atomic mass is 10.0. The summed E-state index contributed by atoms with van der Waals surface area (Å²) in [5.41, 5.74) is 2.65. The first-order chi connectivity index (χ1) is 21.0. The Morgan fingerprint density at radius 1 is 1.14 bits per heavy atom. The van der Waals surface area contributed by atoms with E-state index in [0.717, 1.165) is 0 Å². The highest BCUT2D eigenvalue weighted by Gasteiger charge is 2.32. The lowest BCUT2D eigenvalue weighted by molar-refractivity contribution is -0.134. The zero-order valence-corrected chi connectivity index (χ0v) is 25.8. The van der Waals surface area contributed by atoms with Crippen LogP contribution >= 0.6 is 0 Å². The van der Waals surface area contributed by atoms with Crippen LogP contribution in [-0.4, -0.2) is 84.0 Å². The Hall–Kier alpha value is -4.78. The van der Waals surface area contributed by atoms with Crippen molar-refractivity contribution >= 4 is 35.0 Å². The van der Waals surface area contributed by atoms with Crippen molar-refractivity contribution in [3.05, 3.63) is 59.5 Å². The molecule has 0 aliphatic carbocycles. The number of aliphatic hydroxyl groups excluding tert-OH is 1. The van der Waals surface area contributed by atoms with Crippen molar-refractivity contribution in [3.63, 3.8) is 0 Å². The second kappa shape index (κ2) is 14.1. The van der Waals surface area contributed by atoms with E-state index in [1.54, 1.807) is 82.3 Å². The van der Waals surface area contributed by atoms with Gasteiger partial charge in [-0.2, -0.15) is 0 Å². The van der Waals surface area contributed by atoms with Crippen LogP contribution in [-0.2, 0) is 11.2 Å². The summed E-state index contributed by atoms with van der Waals surface area (Å²) in [7, 11) is 3.25. The van der Waals surface area contributed by atoms with Crippen molar-refractivity contribution in [1.82, 2.24) is 15.0 Å². The maximum absolute atomic E-state index is 13.5. The zero-order valence-electron chi connectivity index (χ0n) is 25.8. The molecular formula is C31H40N6O7. The number of aliphatic hydroxyl groups is 1. The normalized spacial score (nSPS) is 17.2. The first-order valence-corrected chi connectivity index (χ1v) is 14.4. The van der Waals surface area contributed by atoms with Gasteiger partial charge >= 0.3 is 12.1 Å². The van der Waals surface area contributed by atoms with Crippen molar-refractivity contribution in [2.24, 2.45) is 5.92 Å². The Kier molecular flexibility index (Phi) is 10.3. The van der Waals surface area contributed by atoms with E-state index in [1.807, 2.05) is 6.92 Å². The number of hydrogen-bond donors (Lipinski definition) is 4. The quantitative estimate of drug-likeness (QED) is 0.295. The molecule has 1 aromatic heterocycles. The van der Waals surface area contributed by atoms with E-state index < -0.39 is 18.2 Å². The summed E-state index contributed by atoms with van der Waals surface area (Å²) in [5, 5.41) is 22.1. The van der Waals surface area contributed by atoms with Crippen LogP contribution in [0.1, 0.15) is 30.9 Å². The molecule has 236 valence electrons. The molecule has 4 rings (SSSR count). The first-order valence-electron chi connectivity index (χ1n) is 14.4. The number of carbonyl (C=O) groups excluding carboxylic acids is 3. The number of nitrogens with zero attached hydrogens (tertiary/aromatic N) is 3. The number of anilines is 3. The molecule has 3 aromatic rings. The number of aryl methyl sites for hydroxylation is 2. The number of carbonyl (C=O) groups is 3. The van der Waals surface area contributed by atoms with E-state index in [2.05, 4.69) is 21.1 Å². The Morgan fingerprint density at radius 3 is 2.48 bits per heavy atom. The monoisotopic (exact) mass is 608 g/mol. The predicted octanol–water partition coefficient (Wildman–Crippen LogP) is 4.26. The number of amides is 5. The molecule has 13 nitrogen and oxygen atoms in total. The molecule has 0 radical (unpaired) electrons. The van der Waals surface area contributed by atoms with Crippen LogP contribution in [0.5, 0.6) is 11.5 Å². The second-order valence-electron chi connectivity index (χ2n) is 11.0. The van der Waals surface area contributed by atoms with Crippen molar-refractivity contribution < 1.29 is 33.5 Å². The molecule has 2 aromatic carbocycles. The van der Waals surface area contributed by atoms with Crippen molar-refractivity contribution in [3.8, 4) is 11.5 Å². The highest BCUT2D eigenvalue weighted by Crippen LogP contribution is 2.30. The van der Waals surface area contributed by atoms with Gasteiger partial charge in [0.1, 0.15) is 29.0 Å². The molecule has 0 unspecified atom stereocenters. The molecule has 13 heteroatoms. The fraction of sp³-hybridized carbons (Fsp3) is 0.419. The lowest BCUT2D eigenvalue weighted by Gasteiger charge is -2.34. The smallest absolute Gasteiger partial charge is 0.323 e. The van der Waals surface area contributed by atoms with Crippen LogP contribution in [0.4, 0.5) is 26.7 Å². The molecule has 1 aliphatic heterocycles. The fourth-order valence-electron chi connectivity index (χ4n) is 4.91. The molecule has 2 heterocycles. The SMILES string of the molecule is COc1ccc(NC(=O)N(C)C[C@@H]2Oc3ccc(NC(=O)Nc4c(C)noc4C)cc3CC(=O)N([C@H](C)CO)C[C@H]2C)cc1. The van der Waals surface area contributed by atoms with Crippen LogP contribution < -0.4 is 25.4 Å². The van der Waals surface area contributed by atoms with Gasteiger partial charge in [-0.1, -0.05) is 12.1 Å². The molecule has 0 saturated heterocycles. The van der Waals surface area contributed by atoms with E-state index >= 15 is 0 Å². The van der Waals surface area contributed by atoms with E-state index in [0.29, 0.717) is 52.1 Å². The fourth-order valence-corrected chi connectivity index (χ4v) is 4.91. The molecule has 0 saturated carbocycles. The summed E-state index contributed by atoms with van der Waals surface area (Å²) in [5.74, 6) is 1.24. The number of likely N-dealkylation sites (N-methyl/N-ethyl adjacent to an activating group) is 1. The predicted molar refractivity (Wildman–Crippen MR) is 165 cm³/mol. The van der Waals surface area contributed by atoms with Gasteiger partial charge in [-0.15, -0.1) is 0 Å². The van der Waals surface area contributed by atoms with E-state index in [1.165, 1.54) is 4.90 Å².